The molecule has 2 rings (SSSR count). The first-order valence-corrected chi connectivity index (χ1v) is 9.13. The van der Waals surface area contributed by atoms with Crippen LogP contribution in [0.25, 0.3) is 0 Å². The number of hydrogen-bond donors (Lipinski definition) is 1. The molecule has 1 aliphatic carbocycles. The van der Waals surface area contributed by atoms with Gasteiger partial charge in [0.25, 0.3) is 0 Å². The summed E-state index contributed by atoms with van der Waals surface area (Å²) in [6, 6.07) is 2.17. The number of nitrogens with one attached hydrogen (secondary N) is 1. The molecule has 0 spiro atoms. The van der Waals surface area contributed by atoms with Crippen LogP contribution < -0.4 is 5.32 Å². The number of rotatable bonds is 6. The van der Waals surface area contributed by atoms with Crippen molar-refractivity contribution in [2.24, 2.45) is 11.3 Å². The van der Waals surface area contributed by atoms with E-state index in [1.807, 2.05) is 20.8 Å². The van der Waals surface area contributed by atoms with E-state index in [0.717, 1.165) is 31.7 Å². The molecule has 4 heteroatoms. The van der Waals surface area contributed by atoms with Crippen LogP contribution in [0, 0.1) is 23.0 Å². The summed E-state index contributed by atoms with van der Waals surface area (Å²) >= 11 is 0. The van der Waals surface area contributed by atoms with Gasteiger partial charge >= 0.3 is 0 Å². The number of anilines is 1. The normalized spacial score (nSPS) is 16.2. The van der Waals surface area contributed by atoms with Crippen molar-refractivity contribution >= 4 is 11.6 Å². The first kappa shape index (κ1) is 18.9. The molecule has 1 saturated carbocycles. The molecule has 0 radical (unpaired) electrons. The van der Waals surface area contributed by atoms with Gasteiger partial charge in [-0.1, -0.05) is 59.3 Å². The fourth-order valence-electron chi connectivity index (χ4n) is 3.63. The summed E-state index contributed by atoms with van der Waals surface area (Å²) in [7, 11) is 0. The van der Waals surface area contributed by atoms with Crippen LogP contribution in [0.15, 0.2) is 12.1 Å². The maximum atomic E-state index is 14.4. The molecule has 134 valence electrons. The highest BCUT2D eigenvalue weighted by atomic mass is 19.1. The highest BCUT2D eigenvalue weighted by Crippen LogP contribution is 2.32. The Kier molecular flexibility index (Phi) is 6.36. The lowest BCUT2D eigenvalue weighted by Gasteiger charge is -2.26. The quantitative estimate of drug-likeness (QED) is 0.693. The average Bonchev–Trinajstić information content (AvgIpc) is 2.51. The van der Waals surface area contributed by atoms with Crippen molar-refractivity contribution in [2.45, 2.75) is 72.1 Å². The molecule has 0 unspecified atom stereocenters. The van der Waals surface area contributed by atoms with Crippen LogP contribution in [0.5, 0.6) is 0 Å². The molecule has 1 aromatic carbocycles. The third-order valence-electron chi connectivity index (χ3n) is 5.12. The van der Waals surface area contributed by atoms with Crippen molar-refractivity contribution in [2.75, 3.05) is 5.32 Å². The summed E-state index contributed by atoms with van der Waals surface area (Å²) in [6.45, 7) is 5.75. The number of halogens is 2. The summed E-state index contributed by atoms with van der Waals surface area (Å²) < 4.78 is 28.1. The van der Waals surface area contributed by atoms with E-state index in [4.69, 9.17) is 0 Å². The lowest BCUT2D eigenvalue weighted by atomic mass is 9.84. The van der Waals surface area contributed by atoms with E-state index in [9.17, 15) is 13.6 Å². The van der Waals surface area contributed by atoms with E-state index < -0.39 is 17.0 Å². The fourth-order valence-corrected chi connectivity index (χ4v) is 3.63. The molecule has 24 heavy (non-hydrogen) atoms. The summed E-state index contributed by atoms with van der Waals surface area (Å²) in [5, 5.41) is 2.79. The van der Waals surface area contributed by atoms with Gasteiger partial charge in [0, 0.05) is 22.7 Å². The van der Waals surface area contributed by atoms with Crippen molar-refractivity contribution in [3.63, 3.8) is 0 Å². The smallest absolute Gasteiger partial charge is 0.230 e. The Hall–Kier alpha value is -1.45. The summed E-state index contributed by atoms with van der Waals surface area (Å²) in [4.78, 5) is 12.5. The summed E-state index contributed by atoms with van der Waals surface area (Å²) in [6.07, 6.45) is 7.89. The minimum atomic E-state index is -0.650. The van der Waals surface area contributed by atoms with Gasteiger partial charge in [0.1, 0.15) is 11.6 Å². The minimum Gasteiger partial charge on any atom is -0.325 e. The first-order chi connectivity index (χ1) is 11.3. The van der Waals surface area contributed by atoms with Gasteiger partial charge in [0.15, 0.2) is 0 Å². The second kappa shape index (κ2) is 8.09. The molecular formula is C20H29F2NO. The monoisotopic (exact) mass is 337 g/mol. The predicted octanol–water partition coefficient (Wildman–Crippen LogP) is 5.85. The Morgan fingerprint density at radius 3 is 2.50 bits per heavy atom. The Bertz CT molecular complexity index is 577. The first-order valence-electron chi connectivity index (χ1n) is 9.13. The molecule has 0 atom stereocenters. The van der Waals surface area contributed by atoms with Crippen LogP contribution in [-0.2, 0) is 11.2 Å². The molecule has 0 heterocycles. The molecule has 0 aromatic heterocycles. The van der Waals surface area contributed by atoms with Crippen LogP contribution in [0.2, 0.25) is 0 Å². The Balaban J connectivity index is 2.22. The zero-order valence-corrected chi connectivity index (χ0v) is 15.1. The summed E-state index contributed by atoms with van der Waals surface area (Å²) in [5.74, 6) is -0.968. The van der Waals surface area contributed by atoms with Crippen LogP contribution in [0.3, 0.4) is 0 Å². The molecule has 0 saturated heterocycles. The number of benzene rings is 1. The molecule has 2 nitrogen and oxygen atoms in total. The maximum Gasteiger partial charge on any atom is 0.230 e. The molecule has 1 amide bonds. The molecule has 1 N–H and O–H groups in total. The van der Waals surface area contributed by atoms with E-state index in [2.05, 4.69) is 5.32 Å². The van der Waals surface area contributed by atoms with Crippen LogP contribution >= 0.6 is 0 Å². The fraction of sp³-hybridized carbons (Fsp3) is 0.650. The Morgan fingerprint density at radius 1 is 1.21 bits per heavy atom. The van der Waals surface area contributed by atoms with Gasteiger partial charge in [-0.25, -0.2) is 8.78 Å². The lowest BCUT2D eigenvalue weighted by Crippen LogP contribution is -2.31. The van der Waals surface area contributed by atoms with Crippen molar-refractivity contribution in [3.05, 3.63) is 29.3 Å². The highest BCUT2D eigenvalue weighted by Gasteiger charge is 2.28. The van der Waals surface area contributed by atoms with Crippen LogP contribution in [-0.4, -0.2) is 5.91 Å². The second-order valence-corrected chi connectivity index (χ2v) is 7.71. The topological polar surface area (TPSA) is 29.1 Å². The van der Waals surface area contributed by atoms with Gasteiger partial charge in [0.05, 0.1) is 0 Å². The van der Waals surface area contributed by atoms with Gasteiger partial charge in [0.2, 0.25) is 5.91 Å². The van der Waals surface area contributed by atoms with E-state index in [1.54, 1.807) is 0 Å². The van der Waals surface area contributed by atoms with Crippen molar-refractivity contribution in [1.29, 1.82) is 0 Å². The third kappa shape index (κ3) is 4.78. The zero-order chi connectivity index (χ0) is 17.7. The molecule has 1 aliphatic rings. The zero-order valence-electron chi connectivity index (χ0n) is 15.1. The maximum absolute atomic E-state index is 14.4. The number of hydrogen-bond acceptors (Lipinski definition) is 1. The van der Waals surface area contributed by atoms with E-state index >= 15 is 0 Å². The molecule has 1 aromatic rings. The average molecular weight is 337 g/mol. The van der Waals surface area contributed by atoms with E-state index in [0.29, 0.717) is 23.6 Å². The molecule has 1 fully saturated rings. The standard InChI is InChI=1S/C20H29F2NO/c1-4-10-20(2,3)19(24)23-18-13-15(21)12-17(22)16(18)11-14-8-6-5-7-9-14/h12-14H,4-11H2,1-3H3,(H,23,24). The van der Waals surface area contributed by atoms with Gasteiger partial charge in [-0.3, -0.25) is 4.79 Å². The van der Waals surface area contributed by atoms with Gasteiger partial charge in [-0.15, -0.1) is 0 Å². The largest absolute Gasteiger partial charge is 0.325 e. The van der Waals surface area contributed by atoms with Gasteiger partial charge in [-0.05, 0) is 24.8 Å². The highest BCUT2D eigenvalue weighted by molar-refractivity contribution is 5.95. The molecular weight excluding hydrogens is 308 g/mol. The summed E-state index contributed by atoms with van der Waals surface area (Å²) in [5.41, 5.74) is 0.191. The number of carbonyl (C=O) groups excluding carboxylic acids is 1. The van der Waals surface area contributed by atoms with E-state index in [1.165, 1.54) is 25.3 Å². The lowest BCUT2D eigenvalue weighted by molar-refractivity contribution is -0.124. The van der Waals surface area contributed by atoms with Gasteiger partial charge in [-0.2, -0.15) is 0 Å². The number of carbonyl (C=O) groups is 1. The second-order valence-electron chi connectivity index (χ2n) is 7.71. The van der Waals surface area contributed by atoms with E-state index in [-0.39, 0.29) is 5.91 Å². The van der Waals surface area contributed by atoms with Crippen molar-refractivity contribution in [3.8, 4) is 0 Å². The Morgan fingerprint density at radius 2 is 1.88 bits per heavy atom. The van der Waals surface area contributed by atoms with Crippen molar-refractivity contribution in [1.82, 2.24) is 0 Å². The Labute approximate surface area is 144 Å². The van der Waals surface area contributed by atoms with Crippen LogP contribution in [0.1, 0.15) is 71.3 Å². The SMILES string of the molecule is CCCC(C)(C)C(=O)Nc1cc(F)cc(F)c1CC1CCCCC1. The molecule has 0 aliphatic heterocycles. The predicted molar refractivity (Wildman–Crippen MR) is 94.0 cm³/mol. The molecule has 0 bridgehead atoms. The van der Waals surface area contributed by atoms with Crippen molar-refractivity contribution < 1.29 is 13.6 Å². The minimum absolute atomic E-state index is 0.181. The number of amides is 1. The van der Waals surface area contributed by atoms with Gasteiger partial charge < -0.3 is 5.32 Å². The third-order valence-corrected chi connectivity index (χ3v) is 5.12. The van der Waals surface area contributed by atoms with Crippen LogP contribution in [0.4, 0.5) is 14.5 Å².